The van der Waals surface area contributed by atoms with Crippen LogP contribution < -0.4 is 4.74 Å². The maximum absolute atomic E-state index is 13.7. The van der Waals surface area contributed by atoms with E-state index >= 15 is 0 Å². The normalized spacial score (nSPS) is 12.5. The molecule has 0 aliphatic heterocycles. The van der Waals surface area contributed by atoms with Crippen molar-refractivity contribution in [2.24, 2.45) is 0 Å². The molecule has 0 heterocycles. The molecule has 4 nitrogen and oxygen atoms in total. The highest BCUT2D eigenvalue weighted by Gasteiger charge is 2.34. The van der Waals surface area contributed by atoms with Gasteiger partial charge in [-0.05, 0) is 30.5 Å². The number of ether oxygens (including phenoxy) is 1. The van der Waals surface area contributed by atoms with Crippen molar-refractivity contribution < 1.29 is 14.6 Å². The summed E-state index contributed by atoms with van der Waals surface area (Å²) >= 11 is 0. The summed E-state index contributed by atoms with van der Waals surface area (Å²) in [6, 6.07) is 22.4. The van der Waals surface area contributed by atoms with Gasteiger partial charge in [-0.1, -0.05) is 106 Å². The summed E-state index contributed by atoms with van der Waals surface area (Å²) in [6.45, 7) is 2.24. The lowest BCUT2D eigenvalue weighted by atomic mass is 9.81. The van der Waals surface area contributed by atoms with E-state index in [1.165, 1.54) is 50.5 Å². The Bertz CT molecular complexity index is 1450. The Hall–Kier alpha value is -3.92. The molecule has 4 aromatic rings. The first kappa shape index (κ1) is 24.8. The number of hydrogen-bond donors (Lipinski definition) is 2. The Morgan fingerprint density at radius 2 is 1.35 bits per heavy atom. The van der Waals surface area contributed by atoms with E-state index in [-0.39, 0.29) is 28.4 Å². The van der Waals surface area contributed by atoms with E-state index in [9.17, 15) is 9.90 Å². The van der Waals surface area contributed by atoms with Crippen LogP contribution in [-0.4, -0.2) is 16.6 Å². The average Bonchev–Trinajstić information content (AvgIpc) is 2.93. The van der Waals surface area contributed by atoms with Gasteiger partial charge in [-0.3, -0.25) is 10.2 Å². The van der Waals surface area contributed by atoms with Crippen LogP contribution in [0.15, 0.2) is 72.8 Å². The third-order valence-electron chi connectivity index (χ3n) is 7.27. The summed E-state index contributed by atoms with van der Waals surface area (Å²) in [7, 11) is 0. The lowest BCUT2D eigenvalue weighted by molar-refractivity contribution is 0.103. The predicted molar refractivity (Wildman–Crippen MR) is 150 cm³/mol. The predicted octanol–water partition coefficient (Wildman–Crippen LogP) is 8.59. The summed E-state index contributed by atoms with van der Waals surface area (Å²) in [5.41, 5.74) is 2.84. The number of hydrogen-bond acceptors (Lipinski definition) is 4. The van der Waals surface area contributed by atoms with E-state index in [1.54, 1.807) is 30.3 Å². The van der Waals surface area contributed by atoms with Gasteiger partial charge in [0.05, 0.1) is 16.8 Å². The molecule has 1 aliphatic carbocycles. The molecule has 4 aromatic carbocycles. The number of unbranched alkanes of at least 4 members (excludes halogenated alkanes) is 6. The maximum atomic E-state index is 13.7. The highest BCUT2D eigenvalue weighted by atomic mass is 16.5. The summed E-state index contributed by atoms with van der Waals surface area (Å²) in [6.07, 6.45) is 10.0. The molecule has 0 amide bonds. The van der Waals surface area contributed by atoms with E-state index in [0.717, 1.165) is 6.42 Å². The largest absolute Gasteiger partial charge is 0.507 e. The fourth-order valence-corrected chi connectivity index (χ4v) is 5.25. The molecule has 0 spiro atoms. The van der Waals surface area contributed by atoms with Gasteiger partial charge in [-0.2, -0.15) is 0 Å². The number of aryl methyl sites for hydroxylation is 1. The minimum absolute atomic E-state index is 0.0594. The van der Waals surface area contributed by atoms with Crippen LogP contribution >= 0.6 is 0 Å². The van der Waals surface area contributed by atoms with Gasteiger partial charge < -0.3 is 9.84 Å². The number of rotatable bonds is 10. The van der Waals surface area contributed by atoms with Crippen molar-refractivity contribution in [1.82, 2.24) is 0 Å². The minimum atomic E-state index is -0.242. The Morgan fingerprint density at radius 3 is 2.08 bits per heavy atom. The zero-order chi connectivity index (χ0) is 25.8. The maximum Gasteiger partial charge on any atom is 0.198 e. The van der Waals surface area contributed by atoms with Gasteiger partial charge in [0, 0.05) is 21.9 Å². The first-order valence-corrected chi connectivity index (χ1v) is 13.4. The Labute approximate surface area is 218 Å². The second-order valence-electron chi connectivity index (χ2n) is 9.84. The van der Waals surface area contributed by atoms with E-state index in [1.807, 2.05) is 30.3 Å². The molecular formula is C33H33NO3. The van der Waals surface area contributed by atoms with Crippen LogP contribution in [0.2, 0.25) is 0 Å². The summed E-state index contributed by atoms with van der Waals surface area (Å²) in [4.78, 5) is 13.7. The smallest absolute Gasteiger partial charge is 0.198 e. The first-order valence-electron chi connectivity index (χ1n) is 13.4. The van der Waals surface area contributed by atoms with Gasteiger partial charge in [0.1, 0.15) is 17.2 Å². The van der Waals surface area contributed by atoms with Crippen molar-refractivity contribution in [3.8, 4) is 17.2 Å². The van der Waals surface area contributed by atoms with Crippen molar-refractivity contribution in [2.75, 3.05) is 0 Å². The zero-order valence-electron chi connectivity index (χ0n) is 21.3. The molecule has 0 bridgehead atoms. The van der Waals surface area contributed by atoms with Gasteiger partial charge in [-0.15, -0.1) is 0 Å². The van der Waals surface area contributed by atoms with Crippen molar-refractivity contribution in [2.45, 2.75) is 58.3 Å². The standard InChI is InChI=1S/C33H33NO3/c1-2-3-4-5-6-7-8-13-22-18-20-23(21-19-22)37-33-27-17-12-11-16-26(27)31(35)28-29(33)32(36)25-15-10-9-14-24(25)30(28)34/h9-12,14-21,34-35H,2-8,13H2,1H3. The van der Waals surface area contributed by atoms with E-state index in [0.29, 0.717) is 33.4 Å². The Balaban J connectivity index is 1.43. The molecule has 37 heavy (non-hydrogen) atoms. The molecule has 0 radical (unpaired) electrons. The molecule has 0 unspecified atom stereocenters. The van der Waals surface area contributed by atoms with Crippen LogP contribution in [0.5, 0.6) is 17.2 Å². The topological polar surface area (TPSA) is 70.4 Å². The molecule has 0 atom stereocenters. The molecule has 1 aliphatic rings. The molecule has 0 saturated carbocycles. The second-order valence-corrected chi connectivity index (χ2v) is 9.84. The average molecular weight is 492 g/mol. The highest BCUT2D eigenvalue weighted by molar-refractivity contribution is 6.33. The van der Waals surface area contributed by atoms with Crippen molar-refractivity contribution in [3.63, 3.8) is 0 Å². The number of carbonyl (C=O) groups excluding carboxylic acids is 1. The van der Waals surface area contributed by atoms with Gasteiger partial charge in [0.15, 0.2) is 5.78 Å². The monoisotopic (exact) mass is 491 g/mol. The quantitative estimate of drug-likeness (QED) is 0.192. The Kier molecular flexibility index (Phi) is 7.36. The number of phenolic OH excluding ortho intramolecular Hbond substituents is 1. The van der Waals surface area contributed by atoms with Gasteiger partial charge >= 0.3 is 0 Å². The van der Waals surface area contributed by atoms with E-state index in [4.69, 9.17) is 10.1 Å². The van der Waals surface area contributed by atoms with Crippen LogP contribution in [0.4, 0.5) is 0 Å². The van der Waals surface area contributed by atoms with Gasteiger partial charge in [0.25, 0.3) is 0 Å². The van der Waals surface area contributed by atoms with Crippen LogP contribution in [0, 0.1) is 5.41 Å². The van der Waals surface area contributed by atoms with Crippen LogP contribution in [0.3, 0.4) is 0 Å². The molecule has 0 fully saturated rings. The highest BCUT2D eigenvalue weighted by Crippen LogP contribution is 2.46. The number of phenols is 1. The van der Waals surface area contributed by atoms with Crippen LogP contribution in [-0.2, 0) is 6.42 Å². The fraction of sp³-hybridized carbons (Fsp3) is 0.273. The third-order valence-corrected chi connectivity index (χ3v) is 7.27. The number of benzene rings is 4. The number of fused-ring (bicyclic) bond motifs is 3. The molecule has 0 saturated heterocycles. The number of carbonyl (C=O) groups is 1. The minimum Gasteiger partial charge on any atom is -0.507 e. The van der Waals surface area contributed by atoms with Crippen LogP contribution in [0.1, 0.15) is 84.5 Å². The van der Waals surface area contributed by atoms with Gasteiger partial charge in [-0.25, -0.2) is 0 Å². The summed E-state index contributed by atoms with van der Waals surface area (Å²) in [5.74, 6) is 0.705. The van der Waals surface area contributed by atoms with E-state index < -0.39 is 0 Å². The second kappa shape index (κ2) is 11.0. The third kappa shape index (κ3) is 4.89. The summed E-state index contributed by atoms with van der Waals surface area (Å²) in [5, 5.41) is 21.2. The van der Waals surface area contributed by atoms with Crippen molar-refractivity contribution in [3.05, 3.63) is 101 Å². The summed E-state index contributed by atoms with van der Waals surface area (Å²) < 4.78 is 6.39. The number of ketones is 1. The first-order chi connectivity index (χ1) is 18.1. The molecule has 0 aromatic heterocycles. The lowest BCUT2D eigenvalue weighted by Gasteiger charge is -2.24. The SMILES string of the molecule is CCCCCCCCCc1ccc(Oc2c3c(c(O)c4ccccc24)C(=N)c2ccccc2C3=O)cc1. The van der Waals surface area contributed by atoms with E-state index in [2.05, 4.69) is 19.1 Å². The molecule has 2 N–H and O–H groups in total. The molecular weight excluding hydrogens is 458 g/mol. The molecule has 4 heteroatoms. The van der Waals surface area contributed by atoms with Crippen molar-refractivity contribution in [1.29, 1.82) is 5.41 Å². The van der Waals surface area contributed by atoms with Crippen molar-refractivity contribution >= 4 is 22.3 Å². The zero-order valence-corrected chi connectivity index (χ0v) is 21.3. The molecule has 188 valence electrons. The number of aromatic hydroxyl groups is 1. The number of nitrogens with one attached hydrogen (secondary N) is 1. The Morgan fingerprint density at radius 1 is 0.730 bits per heavy atom. The lowest BCUT2D eigenvalue weighted by Crippen LogP contribution is -2.22. The molecule has 5 rings (SSSR count). The van der Waals surface area contributed by atoms with Crippen LogP contribution in [0.25, 0.3) is 10.8 Å². The fourth-order valence-electron chi connectivity index (χ4n) is 5.25. The van der Waals surface area contributed by atoms with Gasteiger partial charge in [0.2, 0.25) is 0 Å².